The van der Waals surface area contributed by atoms with Gasteiger partial charge in [-0.1, -0.05) is 18.2 Å². The van der Waals surface area contributed by atoms with Gasteiger partial charge < -0.3 is 5.73 Å². The predicted molar refractivity (Wildman–Crippen MR) is 71.7 cm³/mol. The van der Waals surface area contributed by atoms with E-state index < -0.39 is 10.0 Å². The van der Waals surface area contributed by atoms with Crippen molar-refractivity contribution in [1.82, 2.24) is 10.2 Å². The number of sulfonamides is 1. The molecule has 0 amide bonds. The number of hydrogen-bond acceptors (Lipinski definition) is 4. The van der Waals surface area contributed by atoms with E-state index in [0.29, 0.717) is 17.2 Å². The second-order valence-corrected chi connectivity index (χ2v) is 5.97. The number of rotatable bonds is 3. The average Bonchev–Trinajstić information content (AvgIpc) is 2.73. The Morgan fingerprint density at radius 3 is 2.56 bits per heavy atom. The van der Waals surface area contributed by atoms with E-state index in [1.807, 2.05) is 12.1 Å². The van der Waals surface area contributed by atoms with E-state index in [9.17, 15) is 8.42 Å². The summed E-state index contributed by atoms with van der Waals surface area (Å²) < 4.78 is 24.4. The summed E-state index contributed by atoms with van der Waals surface area (Å²) in [4.78, 5) is 0. The SMILES string of the molecule is CN(c1ccccc1-c1cc(N)n[nH]1)S(C)(=O)=O. The molecule has 0 bridgehead atoms. The lowest BCUT2D eigenvalue weighted by Crippen LogP contribution is -2.25. The Morgan fingerprint density at radius 2 is 2.00 bits per heavy atom. The van der Waals surface area contributed by atoms with Gasteiger partial charge in [-0.25, -0.2) is 8.42 Å². The molecule has 0 fully saturated rings. The molecular weight excluding hydrogens is 252 g/mol. The van der Waals surface area contributed by atoms with E-state index >= 15 is 0 Å². The van der Waals surface area contributed by atoms with Crippen LogP contribution in [0.2, 0.25) is 0 Å². The van der Waals surface area contributed by atoms with Crippen LogP contribution in [0.5, 0.6) is 0 Å². The molecule has 0 aliphatic rings. The smallest absolute Gasteiger partial charge is 0.232 e. The molecule has 2 aromatic rings. The van der Waals surface area contributed by atoms with Gasteiger partial charge in [0.25, 0.3) is 0 Å². The van der Waals surface area contributed by atoms with Crippen LogP contribution in [-0.2, 0) is 10.0 Å². The first-order valence-electron chi connectivity index (χ1n) is 5.24. The van der Waals surface area contributed by atoms with Crippen LogP contribution in [0.1, 0.15) is 0 Å². The molecule has 0 radical (unpaired) electrons. The molecule has 18 heavy (non-hydrogen) atoms. The van der Waals surface area contributed by atoms with Gasteiger partial charge in [0.15, 0.2) is 0 Å². The topological polar surface area (TPSA) is 92.1 Å². The van der Waals surface area contributed by atoms with Gasteiger partial charge in [0.2, 0.25) is 10.0 Å². The predicted octanol–water partition coefficient (Wildman–Crippen LogP) is 1.05. The molecule has 1 heterocycles. The molecule has 0 saturated carbocycles. The largest absolute Gasteiger partial charge is 0.382 e. The highest BCUT2D eigenvalue weighted by Gasteiger charge is 2.17. The van der Waals surface area contributed by atoms with Crippen molar-refractivity contribution in [3.05, 3.63) is 30.3 Å². The van der Waals surface area contributed by atoms with Crippen LogP contribution in [0, 0.1) is 0 Å². The minimum absolute atomic E-state index is 0.363. The van der Waals surface area contributed by atoms with Crippen molar-refractivity contribution in [2.24, 2.45) is 0 Å². The molecule has 1 aromatic carbocycles. The maximum atomic E-state index is 11.6. The van der Waals surface area contributed by atoms with Gasteiger partial charge in [-0.2, -0.15) is 5.10 Å². The molecule has 3 N–H and O–H groups in total. The number of nitrogens with zero attached hydrogens (tertiary/aromatic N) is 2. The van der Waals surface area contributed by atoms with E-state index in [1.165, 1.54) is 11.4 Å². The number of benzene rings is 1. The molecule has 0 atom stereocenters. The zero-order valence-corrected chi connectivity index (χ0v) is 10.9. The van der Waals surface area contributed by atoms with Gasteiger partial charge in [-0.05, 0) is 6.07 Å². The second-order valence-electron chi connectivity index (χ2n) is 3.95. The van der Waals surface area contributed by atoms with Crippen molar-refractivity contribution in [3.8, 4) is 11.3 Å². The minimum atomic E-state index is -3.31. The molecule has 0 saturated heterocycles. The number of nitrogens with one attached hydrogen (secondary N) is 1. The Balaban J connectivity index is 2.57. The molecule has 2 rings (SSSR count). The van der Waals surface area contributed by atoms with E-state index in [2.05, 4.69) is 10.2 Å². The van der Waals surface area contributed by atoms with Gasteiger partial charge in [-0.3, -0.25) is 9.40 Å². The van der Waals surface area contributed by atoms with Crippen LogP contribution in [-0.4, -0.2) is 31.9 Å². The van der Waals surface area contributed by atoms with Gasteiger partial charge >= 0.3 is 0 Å². The number of para-hydroxylation sites is 1. The van der Waals surface area contributed by atoms with Crippen LogP contribution in [0.15, 0.2) is 30.3 Å². The lowest BCUT2D eigenvalue weighted by Gasteiger charge is -2.19. The number of H-pyrrole nitrogens is 1. The fraction of sp³-hybridized carbons (Fsp3) is 0.182. The van der Waals surface area contributed by atoms with Crippen LogP contribution >= 0.6 is 0 Å². The Hall–Kier alpha value is -2.02. The highest BCUT2D eigenvalue weighted by Crippen LogP contribution is 2.30. The minimum Gasteiger partial charge on any atom is -0.382 e. The molecular formula is C11H14N4O2S. The molecule has 0 unspecified atom stereocenters. The number of hydrogen-bond donors (Lipinski definition) is 2. The number of nitrogen functional groups attached to an aromatic ring is 1. The molecule has 96 valence electrons. The maximum Gasteiger partial charge on any atom is 0.232 e. The van der Waals surface area contributed by atoms with Gasteiger partial charge in [-0.15, -0.1) is 0 Å². The zero-order chi connectivity index (χ0) is 13.3. The first kappa shape index (κ1) is 12.4. The van der Waals surface area contributed by atoms with Crippen molar-refractivity contribution < 1.29 is 8.42 Å². The summed E-state index contributed by atoms with van der Waals surface area (Å²) in [6.07, 6.45) is 1.16. The molecule has 0 aliphatic carbocycles. The van der Waals surface area contributed by atoms with Crippen LogP contribution in [0.4, 0.5) is 11.5 Å². The summed E-state index contributed by atoms with van der Waals surface area (Å²) in [7, 11) is -1.80. The molecule has 1 aromatic heterocycles. The van der Waals surface area contributed by atoms with Crippen LogP contribution in [0.3, 0.4) is 0 Å². The Morgan fingerprint density at radius 1 is 1.33 bits per heavy atom. The van der Waals surface area contributed by atoms with Crippen LogP contribution < -0.4 is 10.0 Å². The van der Waals surface area contributed by atoms with Crippen molar-refractivity contribution in [1.29, 1.82) is 0 Å². The number of aromatic amines is 1. The van der Waals surface area contributed by atoms with E-state index in [1.54, 1.807) is 18.2 Å². The normalized spacial score (nSPS) is 11.4. The summed E-state index contributed by atoms with van der Waals surface area (Å²) in [5, 5.41) is 6.61. The van der Waals surface area contributed by atoms with Gasteiger partial charge in [0.1, 0.15) is 5.82 Å². The summed E-state index contributed by atoms with van der Waals surface area (Å²) in [5.41, 5.74) is 7.54. The molecule has 6 nitrogen and oxygen atoms in total. The number of aromatic nitrogens is 2. The summed E-state index contributed by atoms with van der Waals surface area (Å²) >= 11 is 0. The number of anilines is 2. The van der Waals surface area contributed by atoms with E-state index in [4.69, 9.17) is 5.73 Å². The van der Waals surface area contributed by atoms with Crippen LogP contribution in [0.25, 0.3) is 11.3 Å². The monoisotopic (exact) mass is 266 g/mol. The van der Waals surface area contributed by atoms with E-state index in [-0.39, 0.29) is 0 Å². The lowest BCUT2D eigenvalue weighted by atomic mass is 10.1. The average molecular weight is 266 g/mol. The fourth-order valence-corrected chi connectivity index (χ4v) is 2.15. The first-order chi connectivity index (χ1) is 8.39. The fourth-order valence-electron chi connectivity index (χ4n) is 1.63. The van der Waals surface area contributed by atoms with Crippen molar-refractivity contribution >= 4 is 21.5 Å². The van der Waals surface area contributed by atoms with Gasteiger partial charge in [0, 0.05) is 18.7 Å². The Labute approximate surface area is 105 Å². The zero-order valence-electron chi connectivity index (χ0n) is 10.1. The standard InChI is InChI=1S/C11H14N4O2S/c1-15(18(2,16)17)10-6-4-3-5-8(10)9-7-11(12)14-13-9/h3-7H,1-2H3,(H3,12,13,14). The summed E-state index contributed by atoms with van der Waals surface area (Å²) in [6, 6.07) is 8.80. The van der Waals surface area contributed by atoms with Crippen molar-refractivity contribution in [3.63, 3.8) is 0 Å². The maximum absolute atomic E-state index is 11.6. The highest BCUT2D eigenvalue weighted by molar-refractivity contribution is 7.92. The molecule has 0 aliphatic heterocycles. The third kappa shape index (κ3) is 2.30. The molecule has 0 spiro atoms. The van der Waals surface area contributed by atoms with Crippen molar-refractivity contribution in [2.45, 2.75) is 0 Å². The first-order valence-corrected chi connectivity index (χ1v) is 7.08. The molecule has 7 heteroatoms. The highest BCUT2D eigenvalue weighted by atomic mass is 32.2. The third-order valence-corrected chi connectivity index (χ3v) is 3.82. The van der Waals surface area contributed by atoms with Crippen molar-refractivity contribution in [2.75, 3.05) is 23.3 Å². The third-order valence-electron chi connectivity index (χ3n) is 2.63. The summed E-state index contributed by atoms with van der Waals surface area (Å²) in [5.74, 6) is 0.363. The van der Waals surface area contributed by atoms with Gasteiger partial charge in [0.05, 0.1) is 17.6 Å². The number of nitrogens with two attached hydrogens (primary N) is 1. The van der Waals surface area contributed by atoms with E-state index in [0.717, 1.165) is 11.8 Å². The lowest BCUT2D eigenvalue weighted by molar-refractivity contribution is 0.600. The summed E-state index contributed by atoms with van der Waals surface area (Å²) in [6.45, 7) is 0. The second kappa shape index (κ2) is 4.34. The Kier molecular flexibility index (Phi) is 3.00. The quantitative estimate of drug-likeness (QED) is 0.868. The Bertz CT molecular complexity index is 663.